The molecule has 0 atom stereocenters. The number of hydrazine groups is 1. The van der Waals surface area contributed by atoms with Crippen LogP contribution in [0.4, 0.5) is 4.39 Å². The largest absolute Gasteiger partial charge is 0.270 e. The lowest BCUT2D eigenvalue weighted by atomic mass is 10.1. The minimum absolute atomic E-state index is 0.0185. The number of benzene rings is 2. The van der Waals surface area contributed by atoms with Gasteiger partial charge in [0.25, 0.3) is 11.8 Å². The molecule has 27 heavy (non-hydrogen) atoms. The van der Waals surface area contributed by atoms with Gasteiger partial charge >= 0.3 is 0 Å². The predicted molar refractivity (Wildman–Crippen MR) is 95.9 cm³/mol. The smallest absolute Gasteiger partial charge is 0.267 e. The van der Waals surface area contributed by atoms with Crippen LogP contribution in [-0.4, -0.2) is 26.3 Å². The Morgan fingerprint density at radius 3 is 2.26 bits per heavy atom. The second-order valence-electron chi connectivity index (χ2n) is 6.29. The van der Waals surface area contributed by atoms with E-state index in [0.29, 0.717) is 5.56 Å². The molecule has 1 saturated carbocycles. The van der Waals surface area contributed by atoms with E-state index in [4.69, 9.17) is 0 Å². The molecule has 0 aromatic heterocycles. The third-order valence-corrected chi connectivity index (χ3v) is 5.58. The van der Waals surface area contributed by atoms with Gasteiger partial charge in [-0.3, -0.25) is 20.4 Å². The normalized spacial score (nSPS) is 13.9. The summed E-state index contributed by atoms with van der Waals surface area (Å²) in [5.41, 5.74) is 5.29. The van der Waals surface area contributed by atoms with E-state index in [9.17, 15) is 22.4 Å². The van der Waals surface area contributed by atoms with Crippen LogP contribution in [0, 0.1) is 12.7 Å². The number of nitrogens with one attached hydrogen (secondary N) is 3. The van der Waals surface area contributed by atoms with Gasteiger partial charge in [0.15, 0.2) is 0 Å². The molecular formula is C18H18FN3O4S. The summed E-state index contributed by atoms with van der Waals surface area (Å²) in [6, 6.07) is 8.97. The molecule has 0 aliphatic heterocycles. The quantitative estimate of drug-likeness (QED) is 0.674. The number of hydrogen-bond acceptors (Lipinski definition) is 4. The molecule has 3 N–H and O–H groups in total. The van der Waals surface area contributed by atoms with Crippen molar-refractivity contribution in [1.29, 1.82) is 0 Å². The second-order valence-corrected chi connectivity index (χ2v) is 8.00. The lowest BCUT2D eigenvalue weighted by molar-refractivity contribution is 0.0846. The number of amides is 2. The number of hydrogen-bond donors (Lipinski definition) is 3. The van der Waals surface area contributed by atoms with E-state index in [1.54, 1.807) is 6.92 Å². The Morgan fingerprint density at radius 1 is 1.00 bits per heavy atom. The molecule has 0 radical (unpaired) electrons. The number of halogens is 1. The molecule has 3 rings (SSSR count). The van der Waals surface area contributed by atoms with Gasteiger partial charge in [0, 0.05) is 17.2 Å². The van der Waals surface area contributed by atoms with Gasteiger partial charge in [-0.2, -0.15) is 0 Å². The van der Waals surface area contributed by atoms with E-state index < -0.39 is 27.7 Å². The van der Waals surface area contributed by atoms with Crippen LogP contribution in [0.5, 0.6) is 0 Å². The Balaban J connectivity index is 1.71. The fourth-order valence-corrected chi connectivity index (χ4v) is 3.69. The van der Waals surface area contributed by atoms with Crippen LogP contribution in [0.25, 0.3) is 0 Å². The monoisotopic (exact) mass is 391 g/mol. The molecule has 2 aromatic rings. The maximum absolute atomic E-state index is 12.9. The van der Waals surface area contributed by atoms with Gasteiger partial charge in [0.1, 0.15) is 5.82 Å². The van der Waals surface area contributed by atoms with E-state index in [0.717, 1.165) is 25.0 Å². The van der Waals surface area contributed by atoms with Crippen molar-refractivity contribution < 1.29 is 22.4 Å². The molecule has 0 bridgehead atoms. The molecule has 1 fully saturated rings. The van der Waals surface area contributed by atoms with E-state index in [-0.39, 0.29) is 22.1 Å². The van der Waals surface area contributed by atoms with E-state index in [1.807, 2.05) is 0 Å². The Kier molecular flexibility index (Phi) is 5.24. The summed E-state index contributed by atoms with van der Waals surface area (Å²) in [6.07, 6.45) is 1.60. The summed E-state index contributed by atoms with van der Waals surface area (Å²) in [7, 11) is -3.70. The lowest BCUT2D eigenvalue weighted by Gasteiger charge is -2.11. The van der Waals surface area contributed by atoms with Crippen molar-refractivity contribution in [3.8, 4) is 0 Å². The molecule has 2 aromatic carbocycles. The van der Waals surface area contributed by atoms with Gasteiger partial charge in [0.2, 0.25) is 10.0 Å². The van der Waals surface area contributed by atoms with Crippen LogP contribution in [0.3, 0.4) is 0 Å². The second kappa shape index (κ2) is 7.45. The molecule has 0 saturated heterocycles. The fourth-order valence-electron chi connectivity index (χ4n) is 2.36. The third-order valence-electron chi connectivity index (χ3n) is 4.06. The maximum Gasteiger partial charge on any atom is 0.270 e. The van der Waals surface area contributed by atoms with Crippen molar-refractivity contribution in [3.05, 3.63) is 65.0 Å². The summed E-state index contributed by atoms with van der Waals surface area (Å²) in [4.78, 5) is 24.3. The minimum atomic E-state index is -3.70. The lowest BCUT2D eigenvalue weighted by Crippen LogP contribution is -2.42. The molecule has 1 aliphatic rings. The summed E-state index contributed by atoms with van der Waals surface area (Å²) in [5.74, 6) is -1.77. The first-order valence-electron chi connectivity index (χ1n) is 8.25. The van der Waals surface area contributed by atoms with Crippen molar-refractivity contribution in [2.45, 2.75) is 30.7 Å². The van der Waals surface area contributed by atoms with Crippen LogP contribution in [0.15, 0.2) is 47.4 Å². The van der Waals surface area contributed by atoms with Crippen LogP contribution in [0.1, 0.15) is 39.1 Å². The van der Waals surface area contributed by atoms with Crippen molar-refractivity contribution in [2.24, 2.45) is 0 Å². The maximum atomic E-state index is 12.9. The SMILES string of the molecule is Cc1ccc(S(=O)(=O)NC2CC2)cc1C(=O)NNC(=O)c1ccc(F)cc1. The van der Waals surface area contributed by atoms with E-state index in [2.05, 4.69) is 15.6 Å². The standard InChI is InChI=1S/C18H18FN3O4S/c1-11-2-9-15(27(25,26)22-14-7-8-14)10-16(11)18(24)21-20-17(23)12-3-5-13(19)6-4-12/h2-6,9-10,14,22H,7-8H2,1H3,(H,20,23)(H,21,24). The molecule has 0 unspecified atom stereocenters. The molecule has 2 amide bonds. The first-order chi connectivity index (χ1) is 12.8. The van der Waals surface area contributed by atoms with Crippen molar-refractivity contribution in [2.75, 3.05) is 0 Å². The highest BCUT2D eigenvalue weighted by molar-refractivity contribution is 7.89. The Morgan fingerprint density at radius 2 is 1.63 bits per heavy atom. The van der Waals surface area contributed by atoms with Gasteiger partial charge < -0.3 is 0 Å². The molecule has 9 heteroatoms. The summed E-state index contributed by atoms with van der Waals surface area (Å²) in [6.45, 7) is 1.65. The Bertz CT molecular complexity index is 986. The zero-order valence-corrected chi connectivity index (χ0v) is 15.3. The topological polar surface area (TPSA) is 104 Å². The number of carbonyl (C=O) groups excluding carboxylic acids is 2. The van der Waals surface area contributed by atoms with Crippen molar-refractivity contribution in [1.82, 2.24) is 15.6 Å². The van der Waals surface area contributed by atoms with Gasteiger partial charge in [0.05, 0.1) is 4.90 Å². The van der Waals surface area contributed by atoms with Crippen LogP contribution < -0.4 is 15.6 Å². The van der Waals surface area contributed by atoms with Gasteiger partial charge in [-0.15, -0.1) is 0 Å². The number of rotatable bonds is 5. The van der Waals surface area contributed by atoms with Crippen LogP contribution in [0.2, 0.25) is 0 Å². The van der Waals surface area contributed by atoms with Crippen LogP contribution >= 0.6 is 0 Å². The zero-order chi connectivity index (χ0) is 19.6. The number of sulfonamides is 1. The van der Waals surface area contributed by atoms with Gasteiger partial charge in [-0.1, -0.05) is 6.07 Å². The van der Waals surface area contributed by atoms with Gasteiger partial charge in [-0.25, -0.2) is 17.5 Å². The van der Waals surface area contributed by atoms with Crippen molar-refractivity contribution in [3.63, 3.8) is 0 Å². The fraction of sp³-hybridized carbons (Fsp3) is 0.222. The van der Waals surface area contributed by atoms with Crippen molar-refractivity contribution >= 4 is 21.8 Å². The first-order valence-corrected chi connectivity index (χ1v) is 9.74. The Labute approximate surface area is 156 Å². The summed E-state index contributed by atoms with van der Waals surface area (Å²) < 4.78 is 40.0. The number of aryl methyl sites for hydroxylation is 1. The molecule has 0 heterocycles. The average Bonchev–Trinajstić information content (AvgIpc) is 3.43. The molecular weight excluding hydrogens is 373 g/mol. The number of carbonyl (C=O) groups is 2. The summed E-state index contributed by atoms with van der Waals surface area (Å²) >= 11 is 0. The highest BCUT2D eigenvalue weighted by Gasteiger charge is 2.28. The average molecular weight is 391 g/mol. The van der Waals surface area contributed by atoms with E-state index in [1.165, 1.54) is 30.3 Å². The third kappa shape index (κ3) is 4.69. The Hall–Kier alpha value is -2.78. The highest BCUT2D eigenvalue weighted by Crippen LogP contribution is 2.23. The molecule has 7 nitrogen and oxygen atoms in total. The zero-order valence-electron chi connectivity index (χ0n) is 14.5. The summed E-state index contributed by atoms with van der Waals surface area (Å²) in [5, 5.41) is 0. The first kappa shape index (κ1) is 19.0. The minimum Gasteiger partial charge on any atom is -0.267 e. The molecule has 1 aliphatic carbocycles. The van der Waals surface area contributed by atoms with Gasteiger partial charge in [-0.05, 0) is 61.7 Å². The highest BCUT2D eigenvalue weighted by atomic mass is 32.2. The molecule has 142 valence electrons. The predicted octanol–water partition coefficient (Wildman–Crippen LogP) is 1.65. The van der Waals surface area contributed by atoms with Crippen LogP contribution in [-0.2, 0) is 10.0 Å². The molecule has 0 spiro atoms. The van der Waals surface area contributed by atoms with E-state index >= 15 is 0 Å².